The fourth-order valence-electron chi connectivity index (χ4n) is 5.65. The highest BCUT2D eigenvalue weighted by atomic mass is 15.2. The van der Waals surface area contributed by atoms with Gasteiger partial charge in [0.2, 0.25) is 0 Å². The summed E-state index contributed by atoms with van der Waals surface area (Å²) in [5, 5.41) is 3.58. The minimum Gasteiger partial charge on any atom is -0.325 e. The quantitative estimate of drug-likeness (QED) is 0.393. The van der Waals surface area contributed by atoms with Crippen LogP contribution in [0.4, 0.5) is 0 Å². The molecule has 4 aliphatic rings. The third kappa shape index (κ3) is 6.30. The molecule has 39 heavy (non-hydrogen) atoms. The summed E-state index contributed by atoms with van der Waals surface area (Å²) in [5.41, 5.74) is 7.95. The molecule has 1 aliphatic heterocycles. The van der Waals surface area contributed by atoms with Crippen LogP contribution in [0.5, 0.6) is 0 Å². The normalized spacial score (nSPS) is 24.8. The van der Waals surface area contributed by atoms with E-state index in [-0.39, 0.29) is 11.6 Å². The van der Waals surface area contributed by atoms with E-state index < -0.39 is 0 Å². The fraction of sp³-hybridized carbons (Fsp3) is 0.333. The third-order valence-corrected chi connectivity index (χ3v) is 8.06. The van der Waals surface area contributed by atoms with Gasteiger partial charge in [-0.25, -0.2) is 9.98 Å². The Morgan fingerprint density at radius 3 is 2.67 bits per heavy atom. The molecule has 0 amide bonds. The SMILES string of the molecule is C/C=C\C=C(/C)C1N=C(C2=CCC(C3=CCC(C)(C)c4ccccc4CC=C3)C=C2)NC(C2=CC=CCC2)=N1. The highest BCUT2D eigenvalue weighted by molar-refractivity contribution is 6.16. The number of hydrogen-bond donors (Lipinski definition) is 1. The van der Waals surface area contributed by atoms with Gasteiger partial charge in [-0.2, -0.15) is 0 Å². The number of nitrogens with zero attached hydrogens (tertiary/aromatic N) is 2. The van der Waals surface area contributed by atoms with E-state index in [1.54, 1.807) is 0 Å². The lowest BCUT2D eigenvalue weighted by Crippen LogP contribution is -2.39. The van der Waals surface area contributed by atoms with Crippen molar-refractivity contribution in [3.05, 3.63) is 131 Å². The Bertz CT molecular complexity index is 1400. The van der Waals surface area contributed by atoms with Crippen molar-refractivity contribution in [2.45, 2.75) is 71.4 Å². The Morgan fingerprint density at radius 2 is 1.90 bits per heavy atom. The molecule has 0 radical (unpaired) electrons. The number of hydrogen-bond acceptors (Lipinski definition) is 3. The van der Waals surface area contributed by atoms with Gasteiger partial charge in [0.05, 0.1) is 0 Å². The number of aliphatic imine (C=N–C) groups is 2. The summed E-state index contributed by atoms with van der Waals surface area (Å²) in [6, 6.07) is 8.91. The van der Waals surface area contributed by atoms with E-state index in [0.717, 1.165) is 54.9 Å². The van der Waals surface area contributed by atoms with E-state index in [1.165, 1.54) is 22.3 Å². The highest BCUT2D eigenvalue weighted by Crippen LogP contribution is 2.35. The van der Waals surface area contributed by atoms with Crippen molar-refractivity contribution in [3.8, 4) is 0 Å². The molecule has 1 aromatic rings. The number of fused-ring (bicyclic) bond motifs is 1. The van der Waals surface area contributed by atoms with Crippen molar-refractivity contribution in [1.82, 2.24) is 5.32 Å². The Morgan fingerprint density at radius 1 is 1.05 bits per heavy atom. The van der Waals surface area contributed by atoms with Gasteiger partial charge in [-0.15, -0.1) is 0 Å². The van der Waals surface area contributed by atoms with E-state index in [0.29, 0.717) is 5.92 Å². The lowest BCUT2D eigenvalue weighted by molar-refractivity contribution is 0.527. The lowest BCUT2D eigenvalue weighted by Gasteiger charge is -2.27. The predicted octanol–water partition coefficient (Wildman–Crippen LogP) is 8.42. The minimum absolute atomic E-state index is 0.111. The maximum Gasteiger partial charge on any atom is 0.165 e. The van der Waals surface area contributed by atoms with E-state index in [4.69, 9.17) is 9.98 Å². The first kappa shape index (κ1) is 26.9. The van der Waals surface area contributed by atoms with Gasteiger partial charge in [0.15, 0.2) is 6.17 Å². The van der Waals surface area contributed by atoms with Crippen LogP contribution in [0.25, 0.3) is 0 Å². The van der Waals surface area contributed by atoms with Crippen LogP contribution < -0.4 is 5.32 Å². The molecule has 5 rings (SSSR count). The standard InChI is InChI=1S/C36H41N3/c1-5-6-13-26(2)33-37-34(30-15-8-7-9-16-30)39-35(38-33)31-22-20-28(21-23-31)27-17-12-18-29-14-10-11-19-32(29)36(3,4)25-24-27/h5-8,10-15,17,19-20,22-24,28,33H,9,16,18,21,25H2,1-4H3,(H,37,38,39)/b6-5-,17-12?,26-13+,27-24?. The number of benzene rings is 1. The Kier molecular flexibility index (Phi) is 8.26. The van der Waals surface area contributed by atoms with Gasteiger partial charge in [0.1, 0.15) is 11.7 Å². The van der Waals surface area contributed by atoms with Crippen molar-refractivity contribution in [2.24, 2.45) is 15.9 Å². The predicted molar refractivity (Wildman–Crippen MR) is 167 cm³/mol. The summed E-state index contributed by atoms with van der Waals surface area (Å²) in [6.45, 7) is 8.88. The van der Waals surface area contributed by atoms with E-state index >= 15 is 0 Å². The molecular formula is C36H41N3. The fourth-order valence-corrected chi connectivity index (χ4v) is 5.65. The molecule has 1 heterocycles. The Hall–Kier alpha value is -3.72. The molecule has 1 aromatic carbocycles. The van der Waals surface area contributed by atoms with Gasteiger partial charge in [0, 0.05) is 11.5 Å². The van der Waals surface area contributed by atoms with Crippen LogP contribution in [0, 0.1) is 5.92 Å². The van der Waals surface area contributed by atoms with Crippen molar-refractivity contribution in [3.63, 3.8) is 0 Å². The second-order valence-electron chi connectivity index (χ2n) is 11.5. The number of allylic oxidation sites excluding steroid dienone is 12. The van der Waals surface area contributed by atoms with E-state index in [1.807, 2.05) is 13.0 Å². The summed E-state index contributed by atoms with van der Waals surface area (Å²) < 4.78 is 0. The highest BCUT2D eigenvalue weighted by Gasteiger charge is 2.26. The molecule has 0 spiro atoms. The number of amidine groups is 2. The van der Waals surface area contributed by atoms with Gasteiger partial charge in [0.25, 0.3) is 0 Å². The zero-order chi connectivity index (χ0) is 27.2. The largest absolute Gasteiger partial charge is 0.325 e. The molecule has 3 heteroatoms. The van der Waals surface area contributed by atoms with Crippen LogP contribution >= 0.6 is 0 Å². The Balaban J connectivity index is 1.36. The van der Waals surface area contributed by atoms with E-state index in [2.05, 4.69) is 117 Å². The molecule has 2 atom stereocenters. The molecule has 3 aliphatic carbocycles. The molecule has 1 N–H and O–H groups in total. The topological polar surface area (TPSA) is 36.8 Å². The van der Waals surface area contributed by atoms with Gasteiger partial charge in [-0.3, -0.25) is 0 Å². The average molecular weight is 516 g/mol. The van der Waals surface area contributed by atoms with Crippen molar-refractivity contribution >= 4 is 11.7 Å². The third-order valence-electron chi connectivity index (χ3n) is 8.06. The lowest BCUT2D eigenvalue weighted by atomic mass is 9.78. The molecular weight excluding hydrogens is 474 g/mol. The molecule has 0 aromatic heterocycles. The molecule has 0 bridgehead atoms. The Labute approximate surface area is 234 Å². The first-order valence-electron chi connectivity index (χ1n) is 14.4. The van der Waals surface area contributed by atoms with Crippen molar-refractivity contribution in [2.75, 3.05) is 0 Å². The summed E-state index contributed by atoms with van der Waals surface area (Å²) in [4.78, 5) is 10.0. The van der Waals surface area contributed by atoms with Gasteiger partial charge in [-0.05, 0) is 79.2 Å². The summed E-state index contributed by atoms with van der Waals surface area (Å²) in [5.74, 6) is 2.24. The second-order valence-corrected chi connectivity index (χ2v) is 11.5. The zero-order valence-electron chi connectivity index (χ0n) is 23.8. The van der Waals surface area contributed by atoms with Crippen LogP contribution in [-0.4, -0.2) is 17.8 Å². The van der Waals surface area contributed by atoms with Crippen LogP contribution in [0.3, 0.4) is 0 Å². The molecule has 0 saturated heterocycles. The summed E-state index contributed by atoms with van der Waals surface area (Å²) >= 11 is 0. The maximum absolute atomic E-state index is 5.05. The van der Waals surface area contributed by atoms with Gasteiger partial charge < -0.3 is 5.32 Å². The zero-order valence-corrected chi connectivity index (χ0v) is 23.8. The molecule has 200 valence electrons. The average Bonchev–Trinajstić information content (AvgIpc) is 3.04. The molecule has 0 saturated carbocycles. The van der Waals surface area contributed by atoms with Crippen LogP contribution in [0.15, 0.2) is 129 Å². The first-order valence-corrected chi connectivity index (χ1v) is 14.4. The van der Waals surface area contributed by atoms with Crippen LogP contribution in [-0.2, 0) is 11.8 Å². The van der Waals surface area contributed by atoms with Gasteiger partial charge >= 0.3 is 0 Å². The molecule has 2 unspecified atom stereocenters. The van der Waals surface area contributed by atoms with Crippen molar-refractivity contribution < 1.29 is 0 Å². The number of rotatable bonds is 5. The summed E-state index contributed by atoms with van der Waals surface area (Å²) in [7, 11) is 0. The smallest absolute Gasteiger partial charge is 0.165 e. The first-order chi connectivity index (χ1) is 18.9. The van der Waals surface area contributed by atoms with Gasteiger partial charge in [-0.1, -0.05) is 111 Å². The second kappa shape index (κ2) is 12.0. The summed E-state index contributed by atoms with van der Waals surface area (Å²) in [6.07, 6.45) is 31.7. The van der Waals surface area contributed by atoms with Crippen LogP contribution in [0.1, 0.15) is 64.5 Å². The molecule has 3 nitrogen and oxygen atoms in total. The molecule has 0 fully saturated rings. The minimum atomic E-state index is -0.213. The number of nitrogens with one attached hydrogen (secondary N) is 1. The monoisotopic (exact) mass is 515 g/mol. The van der Waals surface area contributed by atoms with E-state index in [9.17, 15) is 0 Å². The van der Waals surface area contributed by atoms with Crippen LogP contribution in [0.2, 0.25) is 0 Å². The maximum atomic E-state index is 5.05. The van der Waals surface area contributed by atoms with Crippen molar-refractivity contribution in [1.29, 1.82) is 0 Å².